The Labute approximate surface area is 133 Å². The minimum atomic E-state index is -4.51. The number of aromatic nitrogens is 3. The molecule has 122 valence electrons. The first-order chi connectivity index (χ1) is 10.9. The maximum atomic E-state index is 13.1. The van der Waals surface area contributed by atoms with Crippen LogP contribution in [-0.4, -0.2) is 32.9 Å². The number of nitrogen functional groups attached to an aromatic ring is 1. The second kappa shape index (κ2) is 5.76. The highest BCUT2D eigenvalue weighted by Gasteiger charge is 2.40. The van der Waals surface area contributed by atoms with Crippen molar-refractivity contribution in [2.45, 2.75) is 23.0 Å². The van der Waals surface area contributed by atoms with Crippen LogP contribution in [0.25, 0.3) is 0 Å². The largest absolute Gasteiger partial charge is 0.418 e. The van der Waals surface area contributed by atoms with E-state index < -0.39 is 22.9 Å². The number of thioether (sulfide) groups is 1. The summed E-state index contributed by atoms with van der Waals surface area (Å²) in [6, 6.07) is 5.06. The Hall–Kier alpha value is -2.23. The summed E-state index contributed by atoms with van der Waals surface area (Å²) in [5.41, 5.74) is 4.47. The van der Waals surface area contributed by atoms with E-state index in [2.05, 4.69) is 15.2 Å². The molecule has 1 saturated heterocycles. The lowest BCUT2D eigenvalue weighted by Crippen LogP contribution is -2.30. The van der Waals surface area contributed by atoms with E-state index in [1.807, 2.05) is 0 Å². The molecule has 2 aromatic rings. The maximum absolute atomic E-state index is 13.1. The monoisotopic (exact) mass is 343 g/mol. The van der Waals surface area contributed by atoms with E-state index in [-0.39, 0.29) is 18.2 Å². The quantitative estimate of drug-likeness (QED) is 0.893. The normalized spacial score (nSPS) is 18.7. The van der Waals surface area contributed by atoms with Crippen LogP contribution >= 0.6 is 11.8 Å². The van der Waals surface area contributed by atoms with Gasteiger partial charge < -0.3 is 10.6 Å². The molecule has 0 spiro atoms. The highest BCUT2D eigenvalue weighted by atomic mass is 32.2. The number of nitrogens with two attached hydrogens (primary N) is 1. The first-order valence-corrected chi connectivity index (χ1v) is 7.56. The summed E-state index contributed by atoms with van der Waals surface area (Å²) >= 11 is 1.09. The third kappa shape index (κ3) is 3.11. The fraction of sp³-hybridized carbons (Fsp3) is 0.308. The molecule has 0 unspecified atom stereocenters. The van der Waals surface area contributed by atoms with Crippen molar-refractivity contribution >= 4 is 29.3 Å². The summed E-state index contributed by atoms with van der Waals surface area (Å²) in [5.74, 6) is -0.271. The lowest BCUT2D eigenvalue weighted by Gasteiger charge is -2.21. The van der Waals surface area contributed by atoms with Gasteiger partial charge in [0.2, 0.25) is 17.0 Å². The number of anilines is 2. The Morgan fingerprint density at radius 1 is 1.35 bits per heavy atom. The molecular weight excluding hydrogens is 331 g/mol. The number of H-pyrrole nitrogens is 1. The van der Waals surface area contributed by atoms with E-state index in [0.717, 1.165) is 22.7 Å². The second-order valence-electron chi connectivity index (χ2n) is 4.90. The fourth-order valence-corrected chi connectivity index (χ4v) is 3.34. The zero-order valence-electron chi connectivity index (χ0n) is 11.7. The molecule has 0 aliphatic carbocycles. The van der Waals surface area contributed by atoms with E-state index in [9.17, 15) is 18.0 Å². The molecule has 3 N–H and O–H groups in total. The van der Waals surface area contributed by atoms with Gasteiger partial charge >= 0.3 is 6.18 Å². The molecule has 1 aliphatic heterocycles. The molecule has 1 amide bonds. The third-order valence-corrected chi connectivity index (χ3v) is 4.50. The van der Waals surface area contributed by atoms with Crippen LogP contribution in [0.15, 0.2) is 29.4 Å². The van der Waals surface area contributed by atoms with E-state index >= 15 is 0 Å². The van der Waals surface area contributed by atoms with Gasteiger partial charge in [-0.15, -0.1) is 5.10 Å². The average Bonchev–Trinajstić information content (AvgIpc) is 3.06. The number of nitrogens with one attached hydrogen (secondary N) is 1. The van der Waals surface area contributed by atoms with Gasteiger partial charge in [0.25, 0.3) is 0 Å². The highest BCUT2D eigenvalue weighted by molar-refractivity contribution is 8.00. The van der Waals surface area contributed by atoms with Gasteiger partial charge in [-0.05, 0) is 18.6 Å². The van der Waals surface area contributed by atoms with Gasteiger partial charge in [-0.25, -0.2) is 5.10 Å². The maximum Gasteiger partial charge on any atom is 0.418 e. The van der Waals surface area contributed by atoms with Gasteiger partial charge in [0.05, 0.1) is 16.5 Å². The summed E-state index contributed by atoms with van der Waals surface area (Å²) in [5, 5.41) is 6.03. The summed E-state index contributed by atoms with van der Waals surface area (Å²) in [4.78, 5) is 17.5. The van der Waals surface area contributed by atoms with Crippen LogP contribution in [0.5, 0.6) is 0 Å². The molecule has 0 bridgehead atoms. The molecule has 1 atom stereocenters. The number of hydrogen-bond acceptors (Lipinski definition) is 5. The Balaban J connectivity index is 1.82. The number of hydrogen-bond donors (Lipinski definition) is 2. The summed E-state index contributed by atoms with van der Waals surface area (Å²) in [7, 11) is 0. The number of halogens is 3. The van der Waals surface area contributed by atoms with Crippen molar-refractivity contribution in [1.82, 2.24) is 15.2 Å². The number of nitrogens with zero attached hydrogens (tertiary/aromatic N) is 3. The number of rotatable bonds is 3. The number of aromatic amines is 1. The molecule has 23 heavy (non-hydrogen) atoms. The van der Waals surface area contributed by atoms with Crippen molar-refractivity contribution in [3.63, 3.8) is 0 Å². The van der Waals surface area contributed by atoms with Crippen LogP contribution in [0.1, 0.15) is 12.0 Å². The minimum Gasteiger partial charge on any atom is -0.368 e. The molecule has 3 rings (SSSR count). The fourth-order valence-electron chi connectivity index (χ4n) is 2.39. The molecular formula is C13H12F3N5OS. The van der Waals surface area contributed by atoms with Gasteiger partial charge in [-0.1, -0.05) is 23.9 Å². The zero-order chi connectivity index (χ0) is 16.6. The molecule has 1 fully saturated rings. The number of benzene rings is 1. The Morgan fingerprint density at radius 2 is 2.09 bits per heavy atom. The number of carbonyl (C=O) groups is 1. The lowest BCUT2D eigenvalue weighted by atomic mass is 10.1. The Bertz CT molecular complexity index is 732. The van der Waals surface area contributed by atoms with Crippen molar-refractivity contribution in [1.29, 1.82) is 0 Å². The molecule has 1 aromatic carbocycles. The van der Waals surface area contributed by atoms with Crippen molar-refractivity contribution in [2.75, 3.05) is 17.2 Å². The van der Waals surface area contributed by atoms with Crippen LogP contribution in [0, 0.1) is 0 Å². The van der Waals surface area contributed by atoms with Crippen molar-refractivity contribution in [2.24, 2.45) is 0 Å². The standard InChI is InChI=1S/C13H12F3N5OS/c14-13(15,16)7-3-1-2-4-8(7)21-6-5-9(10(21)22)23-12-18-11(17)19-20-12/h1-4,9H,5-6H2,(H3,17,18,19,20)/t9-/m0/s1. The number of alkyl halides is 3. The Kier molecular flexibility index (Phi) is 3.92. The van der Waals surface area contributed by atoms with Crippen molar-refractivity contribution in [3.8, 4) is 0 Å². The third-order valence-electron chi connectivity index (χ3n) is 3.39. The molecule has 1 aliphatic rings. The molecule has 6 nitrogen and oxygen atoms in total. The lowest BCUT2D eigenvalue weighted by molar-refractivity contribution is -0.137. The smallest absolute Gasteiger partial charge is 0.368 e. The van der Waals surface area contributed by atoms with E-state index in [4.69, 9.17) is 5.73 Å². The van der Waals surface area contributed by atoms with Gasteiger partial charge in [0, 0.05) is 6.54 Å². The van der Waals surface area contributed by atoms with Gasteiger partial charge in [0.1, 0.15) is 0 Å². The average molecular weight is 343 g/mol. The topological polar surface area (TPSA) is 87.9 Å². The van der Waals surface area contributed by atoms with Gasteiger partial charge in [-0.3, -0.25) is 4.79 Å². The zero-order valence-corrected chi connectivity index (χ0v) is 12.5. The van der Waals surface area contributed by atoms with E-state index in [1.165, 1.54) is 18.2 Å². The Morgan fingerprint density at radius 3 is 2.74 bits per heavy atom. The molecule has 2 heterocycles. The minimum absolute atomic E-state index is 0.122. The number of amides is 1. The van der Waals surface area contributed by atoms with Crippen LogP contribution in [0.2, 0.25) is 0 Å². The van der Waals surface area contributed by atoms with Gasteiger partial charge in [0.15, 0.2) is 0 Å². The second-order valence-corrected chi connectivity index (χ2v) is 6.07. The molecule has 0 radical (unpaired) electrons. The van der Waals surface area contributed by atoms with Crippen molar-refractivity contribution in [3.05, 3.63) is 29.8 Å². The highest BCUT2D eigenvalue weighted by Crippen LogP contribution is 2.39. The van der Waals surface area contributed by atoms with Crippen LogP contribution < -0.4 is 10.6 Å². The van der Waals surface area contributed by atoms with E-state index in [0.29, 0.717) is 11.6 Å². The number of carbonyl (C=O) groups excluding carboxylic acids is 1. The first-order valence-electron chi connectivity index (χ1n) is 6.68. The van der Waals surface area contributed by atoms with Crippen LogP contribution in [-0.2, 0) is 11.0 Å². The van der Waals surface area contributed by atoms with Crippen LogP contribution in [0.3, 0.4) is 0 Å². The number of para-hydroxylation sites is 1. The first kappa shape index (κ1) is 15.7. The summed E-state index contributed by atoms with van der Waals surface area (Å²) < 4.78 is 39.3. The predicted molar refractivity (Wildman–Crippen MR) is 78.9 cm³/mol. The van der Waals surface area contributed by atoms with Gasteiger partial charge in [-0.2, -0.15) is 18.2 Å². The predicted octanol–water partition coefficient (Wildman–Crippen LogP) is 2.30. The van der Waals surface area contributed by atoms with Crippen LogP contribution in [0.4, 0.5) is 24.8 Å². The molecule has 10 heteroatoms. The van der Waals surface area contributed by atoms with E-state index in [1.54, 1.807) is 0 Å². The van der Waals surface area contributed by atoms with Crippen molar-refractivity contribution < 1.29 is 18.0 Å². The SMILES string of the molecule is Nc1nc(S[C@H]2CCN(c3ccccc3C(F)(F)F)C2=O)n[nH]1. The molecule has 1 aromatic heterocycles. The molecule has 0 saturated carbocycles. The summed E-state index contributed by atoms with van der Waals surface area (Å²) in [6.07, 6.45) is -4.11. The summed E-state index contributed by atoms with van der Waals surface area (Å²) in [6.45, 7) is 0.212.